The van der Waals surface area contributed by atoms with E-state index < -0.39 is 0 Å². The van der Waals surface area contributed by atoms with Crippen LogP contribution < -0.4 is 0 Å². The van der Waals surface area contributed by atoms with Crippen LogP contribution in [0.5, 0.6) is 0 Å². The molecule has 0 aliphatic heterocycles. The average Bonchev–Trinajstić information content (AvgIpc) is 2.32. The van der Waals surface area contributed by atoms with E-state index in [1.165, 1.54) is 19.4 Å². The molecule has 0 bridgehead atoms. The second kappa shape index (κ2) is 6.03. The summed E-state index contributed by atoms with van der Waals surface area (Å²) in [5, 5.41) is 0. The van der Waals surface area contributed by atoms with Crippen LogP contribution in [-0.2, 0) is 31.5 Å². The molecule has 0 atom stereocenters. The summed E-state index contributed by atoms with van der Waals surface area (Å²) in [6, 6.07) is 21.7. The standard InChI is InChI=1S/2C7H7.Zr/c2*1-7-5-3-2-4-6-7;/h2*2-6H,1H2;. The van der Waals surface area contributed by atoms with Gasteiger partial charge >= 0.3 is 103 Å². The fourth-order valence-corrected chi connectivity index (χ4v) is 4.43. The van der Waals surface area contributed by atoms with Gasteiger partial charge in [-0.15, -0.1) is 0 Å². The molecule has 0 heterocycles. The van der Waals surface area contributed by atoms with Gasteiger partial charge in [-0.05, 0) is 0 Å². The summed E-state index contributed by atoms with van der Waals surface area (Å²) in [5.74, 6) is 0. The molecule has 1 heteroatoms. The molecule has 0 saturated heterocycles. The van der Waals surface area contributed by atoms with Gasteiger partial charge in [-0.3, -0.25) is 0 Å². The van der Waals surface area contributed by atoms with Crippen molar-refractivity contribution in [2.45, 2.75) is 8.26 Å². The van der Waals surface area contributed by atoms with E-state index in [0.29, 0.717) is 0 Å². The summed E-state index contributed by atoms with van der Waals surface area (Å²) >= 11 is -0.258. The Morgan fingerprint density at radius 2 is 1.00 bits per heavy atom. The van der Waals surface area contributed by atoms with E-state index in [9.17, 15) is 0 Å². The molecule has 0 fully saturated rings. The maximum atomic E-state index is 2.24. The Kier molecular flexibility index (Phi) is 4.35. The predicted molar refractivity (Wildman–Crippen MR) is 60.3 cm³/mol. The van der Waals surface area contributed by atoms with E-state index in [0.717, 1.165) is 0 Å². The van der Waals surface area contributed by atoms with E-state index in [1.54, 1.807) is 0 Å². The van der Waals surface area contributed by atoms with Crippen LogP contribution in [0.4, 0.5) is 0 Å². The summed E-state index contributed by atoms with van der Waals surface area (Å²) in [7, 11) is 0. The van der Waals surface area contributed by atoms with Gasteiger partial charge in [0.15, 0.2) is 0 Å². The minimum absolute atomic E-state index is 0.258. The van der Waals surface area contributed by atoms with Crippen molar-refractivity contribution in [2.24, 2.45) is 0 Å². The molecule has 0 spiro atoms. The van der Waals surface area contributed by atoms with Crippen molar-refractivity contribution in [3.05, 3.63) is 71.8 Å². The first kappa shape index (κ1) is 10.8. The Bertz CT molecular complexity index is 341. The van der Waals surface area contributed by atoms with E-state index in [4.69, 9.17) is 0 Å². The molecule has 15 heavy (non-hydrogen) atoms. The normalized spacial score (nSPS) is 9.87. The third-order valence-corrected chi connectivity index (χ3v) is 5.58. The summed E-state index contributed by atoms with van der Waals surface area (Å²) < 4.78 is 2.69. The molecule has 0 saturated carbocycles. The van der Waals surface area contributed by atoms with Crippen molar-refractivity contribution in [1.29, 1.82) is 0 Å². The number of hydrogen-bond donors (Lipinski definition) is 0. The molecular formula is C14H14Zr. The summed E-state index contributed by atoms with van der Waals surface area (Å²) in [5.41, 5.74) is 3.03. The first-order chi connectivity index (χ1) is 7.45. The number of hydrogen-bond acceptors (Lipinski definition) is 0. The zero-order chi connectivity index (χ0) is 10.3. The molecule has 0 radical (unpaired) electrons. The minimum atomic E-state index is -0.258. The van der Waals surface area contributed by atoms with Crippen LogP contribution in [0.25, 0.3) is 0 Å². The molecule has 74 valence electrons. The van der Waals surface area contributed by atoms with Crippen LogP contribution >= 0.6 is 0 Å². The second-order valence-corrected chi connectivity index (χ2v) is 6.54. The Hall–Kier alpha value is -0.677. The fraction of sp³-hybridized carbons (Fsp3) is 0.143. The van der Waals surface area contributed by atoms with Gasteiger partial charge < -0.3 is 0 Å². The fourth-order valence-electron chi connectivity index (χ4n) is 1.54. The monoisotopic (exact) mass is 272 g/mol. The van der Waals surface area contributed by atoms with Crippen LogP contribution in [0.1, 0.15) is 11.1 Å². The second-order valence-electron chi connectivity index (χ2n) is 3.57. The first-order valence-corrected chi connectivity index (χ1v) is 8.71. The van der Waals surface area contributed by atoms with Crippen LogP contribution in [-0.4, -0.2) is 0 Å². The zero-order valence-electron chi connectivity index (χ0n) is 8.69. The van der Waals surface area contributed by atoms with Gasteiger partial charge in [-0.2, -0.15) is 0 Å². The summed E-state index contributed by atoms with van der Waals surface area (Å²) in [6.45, 7) is 0. The Morgan fingerprint density at radius 1 is 0.600 bits per heavy atom. The Labute approximate surface area is 103 Å². The molecule has 0 N–H and O–H groups in total. The topological polar surface area (TPSA) is 0 Å². The van der Waals surface area contributed by atoms with Crippen molar-refractivity contribution in [2.75, 3.05) is 0 Å². The number of benzene rings is 2. The molecule has 0 aliphatic carbocycles. The van der Waals surface area contributed by atoms with Crippen molar-refractivity contribution in [1.82, 2.24) is 0 Å². The van der Waals surface area contributed by atoms with E-state index in [-0.39, 0.29) is 23.2 Å². The quantitative estimate of drug-likeness (QED) is 0.800. The zero-order valence-corrected chi connectivity index (χ0v) is 11.1. The molecule has 0 nitrogen and oxygen atoms in total. The summed E-state index contributed by atoms with van der Waals surface area (Å²) in [6.07, 6.45) is 0. The Balaban J connectivity index is 1.81. The number of rotatable bonds is 4. The SMILES string of the molecule is c1ccc([CH2][Zr][CH2]c2ccccc2)cc1. The van der Waals surface area contributed by atoms with Crippen LogP contribution in [0.3, 0.4) is 0 Å². The molecular weight excluding hydrogens is 259 g/mol. The average molecular weight is 273 g/mol. The van der Waals surface area contributed by atoms with Crippen LogP contribution in [0.15, 0.2) is 60.7 Å². The van der Waals surface area contributed by atoms with Crippen molar-refractivity contribution in [3.63, 3.8) is 0 Å². The van der Waals surface area contributed by atoms with Gasteiger partial charge in [0, 0.05) is 0 Å². The summed E-state index contributed by atoms with van der Waals surface area (Å²) in [4.78, 5) is 0. The molecule has 2 aromatic rings. The third-order valence-electron chi connectivity index (χ3n) is 2.34. The third kappa shape index (κ3) is 3.76. The van der Waals surface area contributed by atoms with Gasteiger partial charge in [0.05, 0.1) is 0 Å². The van der Waals surface area contributed by atoms with Gasteiger partial charge in [-0.25, -0.2) is 0 Å². The van der Waals surface area contributed by atoms with Crippen molar-refractivity contribution >= 4 is 0 Å². The Morgan fingerprint density at radius 3 is 1.40 bits per heavy atom. The first-order valence-electron chi connectivity index (χ1n) is 5.24. The van der Waals surface area contributed by atoms with Crippen LogP contribution in [0.2, 0.25) is 0 Å². The molecule has 0 aromatic heterocycles. The van der Waals surface area contributed by atoms with Crippen molar-refractivity contribution in [3.8, 4) is 0 Å². The van der Waals surface area contributed by atoms with Gasteiger partial charge in [-0.1, -0.05) is 0 Å². The molecule has 2 rings (SSSR count). The van der Waals surface area contributed by atoms with E-state index in [2.05, 4.69) is 60.7 Å². The van der Waals surface area contributed by atoms with Gasteiger partial charge in [0.1, 0.15) is 0 Å². The van der Waals surface area contributed by atoms with E-state index in [1.807, 2.05) is 0 Å². The molecule has 0 amide bonds. The maximum absolute atomic E-state index is 2.24. The van der Waals surface area contributed by atoms with Crippen molar-refractivity contribution < 1.29 is 23.2 Å². The van der Waals surface area contributed by atoms with Gasteiger partial charge in [0.2, 0.25) is 0 Å². The molecule has 0 aliphatic rings. The molecule has 2 aromatic carbocycles. The van der Waals surface area contributed by atoms with Gasteiger partial charge in [0.25, 0.3) is 0 Å². The van der Waals surface area contributed by atoms with Crippen LogP contribution in [0, 0.1) is 0 Å². The molecule has 0 unspecified atom stereocenters. The predicted octanol–water partition coefficient (Wildman–Crippen LogP) is 3.47. The van der Waals surface area contributed by atoms with E-state index >= 15 is 0 Å².